The molecule has 2 rings (SSSR count). The van der Waals surface area contributed by atoms with Gasteiger partial charge in [-0.1, -0.05) is 58.0 Å². The number of methoxy groups -OCH3 is 1. The van der Waals surface area contributed by atoms with Crippen LogP contribution in [0.25, 0.3) is 6.08 Å². The Kier molecular flexibility index (Phi) is 10.9. The summed E-state index contributed by atoms with van der Waals surface area (Å²) >= 11 is 0. The number of ketones is 1. The highest BCUT2D eigenvalue weighted by atomic mass is 16.5. The first-order chi connectivity index (χ1) is 11.6. The zero-order valence-electron chi connectivity index (χ0n) is 16.0. The monoisotopic (exact) mass is 326 g/mol. The summed E-state index contributed by atoms with van der Waals surface area (Å²) in [6.07, 6.45) is 1.91. The van der Waals surface area contributed by atoms with Crippen molar-refractivity contribution < 1.29 is 9.53 Å². The molecule has 0 heterocycles. The van der Waals surface area contributed by atoms with Gasteiger partial charge in [0.1, 0.15) is 5.75 Å². The average Bonchev–Trinajstić information content (AvgIpc) is 2.65. The van der Waals surface area contributed by atoms with Crippen LogP contribution in [0, 0.1) is 6.92 Å². The van der Waals surface area contributed by atoms with Crippen molar-refractivity contribution >= 4 is 11.9 Å². The lowest BCUT2D eigenvalue weighted by atomic mass is 9.98. The largest absolute Gasteiger partial charge is 0.497 e. The Balaban J connectivity index is 0.00000123. The number of hydrogen-bond acceptors (Lipinski definition) is 2. The van der Waals surface area contributed by atoms with Crippen LogP contribution >= 0.6 is 0 Å². The van der Waals surface area contributed by atoms with Crippen molar-refractivity contribution in [1.82, 2.24) is 0 Å². The van der Waals surface area contributed by atoms with Crippen molar-refractivity contribution in [3.8, 4) is 5.75 Å². The van der Waals surface area contributed by atoms with E-state index in [0.29, 0.717) is 0 Å². The predicted octanol–water partition coefficient (Wildman–Crippen LogP) is 6.34. The Hall–Kier alpha value is -2.35. The van der Waals surface area contributed by atoms with Gasteiger partial charge in [-0.05, 0) is 54.8 Å². The van der Waals surface area contributed by atoms with Gasteiger partial charge < -0.3 is 4.74 Å². The first kappa shape index (κ1) is 21.7. The fourth-order valence-corrected chi connectivity index (χ4v) is 2.10. The zero-order valence-corrected chi connectivity index (χ0v) is 16.0. The summed E-state index contributed by atoms with van der Waals surface area (Å²) < 4.78 is 5.16. The van der Waals surface area contributed by atoms with Crippen LogP contribution in [-0.2, 0) is 0 Å². The zero-order chi connectivity index (χ0) is 18.5. The molecule has 2 nitrogen and oxygen atoms in total. The number of ether oxygens (including phenoxy) is 1. The number of aryl methyl sites for hydroxylation is 1. The summed E-state index contributed by atoms with van der Waals surface area (Å²) in [4.78, 5) is 12.5. The Morgan fingerprint density at radius 3 is 2.04 bits per heavy atom. The lowest BCUT2D eigenvalue weighted by Gasteiger charge is -2.07. The fraction of sp³-hybridized carbons (Fsp3) is 0.318. The molecule has 0 aliphatic heterocycles. The predicted molar refractivity (Wildman–Crippen MR) is 105 cm³/mol. The number of carbonyl (C=O) groups is 1. The van der Waals surface area contributed by atoms with Crippen LogP contribution in [0.3, 0.4) is 0 Å². The van der Waals surface area contributed by atoms with E-state index in [1.54, 1.807) is 7.11 Å². The molecule has 0 spiro atoms. The Labute approximate surface area is 147 Å². The van der Waals surface area contributed by atoms with Crippen LogP contribution in [0.15, 0.2) is 54.1 Å². The molecule has 2 aromatic carbocycles. The summed E-state index contributed by atoms with van der Waals surface area (Å²) in [6.45, 7) is 11.8. The maximum atomic E-state index is 12.5. The molecule has 24 heavy (non-hydrogen) atoms. The first-order valence-corrected chi connectivity index (χ1v) is 8.54. The molecule has 0 bridgehead atoms. The number of benzene rings is 2. The van der Waals surface area contributed by atoms with E-state index in [9.17, 15) is 4.79 Å². The van der Waals surface area contributed by atoms with Gasteiger partial charge in [0.15, 0.2) is 5.78 Å². The molecule has 0 saturated heterocycles. The molecule has 0 atom stereocenters. The molecule has 0 unspecified atom stereocenters. The molecule has 0 radical (unpaired) electrons. The van der Waals surface area contributed by atoms with Gasteiger partial charge in [0, 0.05) is 5.56 Å². The second-order valence-corrected chi connectivity index (χ2v) is 4.75. The minimum atomic E-state index is 0.0500. The minimum absolute atomic E-state index is 0.0500. The Morgan fingerprint density at radius 2 is 1.54 bits per heavy atom. The lowest BCUT2D eigenvalue weighted by molar-refractivity contribution is 0.103. The summed E-state index contributed by atoms with van der Waals surface area (Å²) in [5.74, 6) is 0.817. The van der Waals surface area contributed by atoms with E-state index < -0.39 is 0 Å². The van der Waals surface area contributed by atoms with E-state index in [1.807, 2.05) is 96.1 Å². The molecular formula is C22H30O2. The molecule has 0 aliphatic rings. The van der Waals surface area contributed by atoms with Gasteiger partial charge in [-0.3, -0.25) is 4.79 Å². The first-order valence-electron chi connectivity index (χ1n) is 8.54. The van der Waals surface area contributed by atoms with Crippen LogP contribution in [0.2, 0.25) is 0 Å². The fourth-order valence-electron chi connectivity index (χ4n) is 2.10. The van der Waals surface area contributed by atoms with Gasteiger partial charge in [0.05, 0.1) is 7.11 Å². The summed E-state index contributed by atoms with van der Waals surface area (Å²) in [5.41, 5.74) is 3.40. The van der Waals surface area contributed by atoms with Crippen LogP contribution in [0.5, 0.6) is 5.75 Å². The summed E-state index contributed by atoms with van der Waals surface area (Å²) in [6, 6.07) is 15.4. The Bertz CT molecular complexity index is 640. The van der Waals surface area contributed by atoms with E-state index in [0.717, 1.165) is 28.0 Å². The molecule has 0 amide bonds. The van der Waals surface area contributed by atoms with Crippen molar-refractivity contribution in [3.63, 3.8) is 0 Å². The molecule has 2 aromatic rings. The van der Waals surface area contributed by atoms with Crippen molar-refractivity contribution in [3.05, 3.63) is 70.8 Å². The van der Waals surface area contributed by atoms with Gasteiger partial charge in [-0.2, -0.15) is 0 Å². The van der Waals surface area contributed by atoms with Gasteiger partial charge in [0.2, 0.25) is 0 Å². The van der Waals surface area contributed by atoms with Crippen LogP contribution in [-0.4, -0.2) is 12.9 Å². The molecule has 0 fully saturated rings. The van der Waals surface area contributed by atoms with Gasteiger partial charge in [-0.15, -0.1) is 0 Å². The third-order valence-corrected chi connectivity index (χ3v) is 3.22. The van der Waals surface area contributed by atoms with E-state index in [4.69, 9.17) is 4.74 Å². The Morgan fingerprint density at radius 1 is 0.958 bits per heavy atom. The van der Waals surface area contributed by atoms with E-state index >= 15 is 0 Å². The standard InChI is InChI=1S/C18H18O2.2C2H6/c1-13-12-16(20-3)9-10-17(13)18(19)14(2)11-15-7-5-4-6-8-15;2*1-2/h4-12H,1-3H3;2*1-2H3/b14-11+;;. The maximum Gasteiger partial charge on any atom is 0.189 e. The van der Waals surface area contributed by atoms with Crippen molar-refractivity contribution in [2.75, 3.05) is 7.11 Å². The number of carbonyl (C=O) groups excluding carboxylic acids is 1. The highest BCUT2D eigenvalue weighted by Crippen LogP contribution is 2.20. The summed E-state index contributed by atoms with van der Waals surface area (Å²) in [7, 11) is 1.62. The topological polar surface area (TPSA) is 26.3 Å². The molecular weight excluding hydrogens is 296 g/mol. The quantitative estimate of drug-likeness (QED) is 0.484. The van der Waals surface area contributed by atoms with Gasteiger partial charge >= 0.3 is 0 Å². The average molecular weight is 326 g/mol. The molecule has 2 heteroatoms. The molecule has 0 N–H and O–H groups in total. The second kappa shape index (κ2) is 12.1. The normalized spacial score (nSPS) is 9.88. The van der Waals surface area contributed by atoms with Crippen molar-refractivity contribution in [1.29, 1.82) is 0 Å². The minimum Gasteiger partial charge on any atom is -0.497 e. The molecule has 130 valence electrons. The van der Waals surface area contributed by atoms with Crippen LogP contribution in [0.4, 0.5) is 0 Å². The third kappa shape index (κ3) is 6.41. The van der Waals surface area contributed by atoms with E-state index in [-0.39, 0.29) is 5.78 Å². The highest BCUT2D eigenvalue weighted by molar-refractivity contribution is 6.11. The molecule has 0 aliphatic carbocycles. The smallest absolute Gasteiger partial charge is 0.189 e. The van der Waals surface area contributed by atoms with E-state index in [2.05, 4.69) is 0 Å². The number of Topliss-reactive ketones (excluding diaryl/α,β-unsaturated/α-hetero) is 1. The highest BCUT2D eigenvalue weighted by Gasteiger charge is 2.11. The SMILES string of the molecule is CC.CC.COc1ccc(C(=O)/C(C)=C/c2ccccc2)c(C)c1. The summed E-state index contributed by atoms with van der Waals surface area (Å²) in [5, 5.41) is 0. The van der Waals surface area contributed by atoms with Crippen molar-refractivity contribution in [2.45, 2.75) is 41.5 Å². The van der Waals surface area contributed by atoms with Gasteiger partial charge in [0.25, 0.3) is 0 Å². The second-order valence-electron chi connectivity index (χ2n) is 4.75. The van der Waals surface area contributed by atoms with Crippen LogP contribution < -0.4 is 4.74 Å². The molecule has 0 aromatic heterocycles. The van der Waals surface area contributed by atoms with Crippen LogP contribution in [0.1, 0.15) is 56.1 Å². The molecule has 0 saturated carbocycles. The number of hydrogen-bond donors (Lipinski definition) is 0. The maximum absolute atomic E-state index is 12.5. The van der Waals surface area contributed by atoms with Crippen molar-refractivity contribution in [2.24, 2.45) is 0 Å². The number of rotatable bonds is 4. The van der Waals surface area contributed by atoms with Gasteiger partial charge in [-0.25, -0.2) is 0 Å². The number of allylic oxidation sites excluding steroid dienone is 1. The third-order valence-electron chi connectivity index (χ3n) is 3.22. The van der Waals surface area contributed by atoms with E-state index in [1.165, 1.54) is 0 Å². The lowest BCUT2D eigenvalue weighted by Crippen LogP contribution is -2.03.